The number of nitrogens with zero attached hydrogens (tertiary/aromatic N) is 3. The highest BCUT2D eigenvalue weighted by Gasteiger charge is 2.21. The molecule has 0 atom stereocenters. The lowest BCUT2D eigenvalue weighted by Gasteiger charge is -2.23. The van der Waals surface area contributed by atoms with Crippen LogP contribution in [0.25, 0.3) is 11.2 Å². The van der Waals surface area contributed by atoms with Gasteiger partial charge in [-0.1, -0.05) is 59.2 Å². The molecule has 0 unspecified atom stereocenters. The van der Waals surface area contributed by atoms with Gasteiger partial charge in [0, 0.05) is 31.6 Å². The number of unbranched alkanes of at least 4 members (excludes halogenated alkanes) is 1. The fourth-order valence-electron chi connectivity index (χ4n) is 4.08. The highest BCUT2D eigenvalue weighted by atomic mass is 16.2. The molecule has 0 spiro atoms. The maximum atomic E-state index is 12.8. The van der Waals surface area contributed by atoms with Gasteiger partial charge >= 0.3 is 5.69 Å². The first kappa shape index (κ1) is 24.5. The first-order valence-corrected chi connectivity index (χ1v) is 11.8. The maximum absolute atomic E-state index is 12.8. The molecule has 8 nitrogen and oxygen atoms in total. The molecule has 3 rings (SSSR count). The first-order valence-electron chi connectivity index (χ1n) is 11.8. The van der Waals surface area contributed by atoms with E-state index in [9.17, 15) is 14.4 Å². The average Bonchev–Trinajstić information content (AvgIpc) is 3.12. The van der Waals surface area contributed by atoms with Crippen molar-refractivity contribution in [2.75, 3.05) is 5.32 Å². The Balaban J connectivity index is 1.91. The van der Waals surface area contributed by atoms with Gasteiger partial charge in [0.15, 0.2) is 11.2 Å². The summed E-state index contributed by atoms with van der Waals surface area (Å²) in [5.74, 6) is 0.541. The number of carbonyl (C=O) groups is 1. The van der Waals surface area contributed by atoms with Gasteiger partial charge in [-0.05, 0) is 29.9 Å². The molecule has 2 aromatic heterocycles. The third kappa shape index (κ3) is 5.43. The largest absolute Gasteiger partial charge is 0.330 e. The second-order valence-electron chi connectivity index (χ2n) is 9.46. The van der Waals surface area contributed by atoms with E-state index < -0.39 is 11.2 Å². The van der Waals surface area contributed by atoms with Gasteiger partial charge in [0.2, 0.25) is 5.91 Å². The lowest BCUT2D eigenvalue weighted by atomic mass is 9.86. The number of aromatic amines is 1. The van der Waals surface area contributed by atoms with Crippen molar-refractivity contribution in [3.8, 4) is 0 Å². The highest BCUT2D eigenvalue weighted by Crippen LogP contribution is 2.29. The molecule has 0 aliphatic rings. The van der Waals surface area contributed by atoms with Gasteiger partial charge in [-0.25, -0.2) is 9.78 Å². The van der Waals surface area contributed by atoms with E-state index in [0.29, 0.717) is 36.5 Å². The van der Waals surface area contributed by atoms with Crippen LogP contribution < -0.4 is 16.6 Å². The number of hydrogen-bond acceptors (Lipinski definition) is 4. The number of para-hydroxylation sites is 1. The molecule has 8 heteroatoms. The summed E-state index contributed by atoms with van der Waals surface area (Å²) in [7, 11) is 0. The zero-order valence-corrected chi connectivity index (χ0v) is 20.3. The number of hydrogen-bond donors (Lipinski definition) is 2. The molecule has 2 heterocycles. The summed E-state index contributed by atoms with van der Waals surface area (Å²) in [6.45, 7) is 11.5. The fraction of sp³-hybridized carbons (Fsp3) is 0.520. The highest BCUT2D eigenvalue weighted by molar-refractivity contribution is 5.91. The summed E-state index contributed by atoms with van der Waals surface area (Å²) in [4.78, 5) is 44.9. The van der Waals surface area contributed by atoms with E-state index in [0.717, 1.165) is 30.5 Å². The molecular formula is C25H35N5O3. The molecule has 0 saturated carbocycles. The van der Waals surface area contributed by atoms with Crippen molar-refractivity contribution in [2.45, 2.75) is 85.2 Å². The topological polar surface area (TPSA) is 102 Å². The summed E-state index contributed by atoms with van der Waals surface area (Å²) in [6.07, 6.45) is 3.17. The molecule has 3 aromatic rings. The van der Waals surface area contributed by atoms with Crippen LogP contribution in [0.1, 0.15) is 71.7 Å². The molecule has 1 aromatic carbocycles. The van der Waals surface area contributed by atoms with Gasteiger partial charge in [-0.15, -0.1) is 0 Å². The molecule has 178 valence electrons. The summed E-state index contributed by atoms with van der Waals surface area (Å²) < 4.78 is 3.39. The molecule has 0 fully saturated rings. The van der Waals surface area contributed by atoms with Gasteiger partial charge in [0.1, 0.15) is 5.82 Å². The van der Waals surface area contributed by atoms with Crippen LogP contribution in [0.5, 0.6) is 0 Å². The summed E-state index contributed by atoms with van der Waals surface area (Å²) in [5.41, 5.74) is 1.71. The fourth-order valence-corrected chi connectivity index (χ4v) is 4.08. The molecule has 2 N–H and O–H groups in total. The van der Waals surface area contributed by atoms with Crippen LogP contribution in [-0.4, -0.2) is 25.0 Å². The minimum atomic E-state index is -0.447. The van der Waals surface area contributed by atoms with E-state index >= 15 is 0 Å². The number of rotatable bonds is 9. The van der Waals surface area contributed by atoms with Crippen molar-refractivity contribution in [3.63, 3.8) is 0 Å². The Labute approximate surface area is 194 Å². The Morgan fingerprint density at radius 3 is 2.45 bits per heavy atom. The van der Waals surface area contributed by atoms with Gasteiger partial charge in [-0.3, -0.25) is 19.1 Å². The van der Waals surface area contributed by atoms with Crippen molar-refractivity contribution in [2.24, 2.45) is 0 Å². The maximum Gasteiger partial charge on any atom is 0.330 e. The van der Waals surface area contributed by atoms with Gasteiger partial charge < -0.3 is 9.88 Å². The number of carbonyl (C=O) groups excluding carboxylic acids is 1. The van der Waals surface area contributed by atoms with Crippen LogP contribution in [0, 0.1) is 0 Å². The zero-order chi connectivity index (χ0) is 24.2. The predicted octanol–water partition coefficient (Wildman–Crippen LogP) is 3.97. The number of H-pyrrole nitrogens is 1. The van der Waals surface area contributed by atoms with Crippen molar-refractivity contribution in [1.82, 2.24) is 19.1 Å². The van der Waals surface area contributed by atoms with Gasteiger partial charge in [0.05, 0.1) is 0 Å². The third-order valence-electron chi connectivity index (χ3n) is 5.73. The molecule has 0 radical (unpaired) electrons. The first-order chi connectivity index (χ1) is 15.7. The number of imidazole rings is 1. The van der Waals surface area contributed by atoms with Crippen molar-refractivity contribution in [3.05, 3.63) is 56.5 Å². The lowest BCUT2D eigenvalue weighted by Crippen LogP contribution is -2.31. The number of aryl methyl sites for hydroxylation is 3. The second-order valence-corrected chi connectivity index (χ2v) is 9.46. The SMILES string of the molecule is CCCCn1c(CCC(=O)Nc2ccccc2C(C)(C)C)nc2c1c(=O)[nH]c(=O)n2CCC. The van der Waals surface area contributed by atoms with Crippen LogP contribution in [0.4, 0.5) is 5.69 Å². The van der Waals surface area contributed by atoms with E-state index in [4.69, 9.17) is 0 Å². The lowest BCUT2D eigenvalue weighted by molar-refractivity contribution is -0.116. The van der Waals surface area contributed by atoms with Crippen LogP contribution >= 0.6 is 0 Å². The quantitative estimate of drug-likeness (QED) is 0.512. The molecule has 1 amide bonds. The summed E-state index contributed by atoms with van der Waals surface area (Å²) in [6, 6.07) is 7.82. The molecule has 0 aliphatic heterocycles. The van der Waals surface area contributed by atoms with E-state index in [2.05, 4.69) is 43.0 Å². The van der Waals surface area contributed by atoms with E-state index in [1.807, 2.05) is 35.8 Å². The van der Waals surface area contributed by atoms with Gasteiger partial charge in [-0.2, -0.15) is 0 Å². The van der Waals surface area contributed by atoms with Crippen LogP contribution in [0.3, 0.4) is 0 Å². The van der Waals surface area contributed by atoms with Crippen molar-refractivity contribution >= 4 is 22.8 Å². The average molecular weight is 454 g/mol. The number of anilines is 1. The van der Waals surface area contributed by atoms with Gasteiger partial charge in [0.25, 0.3) is 5.56 Å². The number of nitrogens with one attached hydrogen (secondary N) is 2. The Kier molecular flexibility index (Phi) is 7.56. The van der Waals surface area contributed by atoms with Crippen LogP contribution in [0.15, 0.2) is 33.9 Å². The monoisotopic (exact) mass is 453 g/mol. The molecule has 0 bridgehead atoms. The van der Waals surface area contributed by atoms with Crippen molar-refractivity contribution < 1.29 is 4.79 Å². The molecule has 0 aliphatic carbocycles. The van der Waals surface area contributed by atoms with Crippen LogP contribution in [-0.2, 0) is 29.7 Å². The minimum absolute atomic E-state index is 0.0953. The number of amides is 1. The smallest absolute Gasteiger partial charge is 0.326 e. The van der Waals surface area contributed by atoms with Crippen molar-refractivity contribution in [1.29, 1.82) is 0 Å². The van der Waals surface area contributed by atoms with E-state index in [1.54, 1.807) is 0 Å². The standard InChI is InChI=1S/C25H35N5O3/c1-6-8-16-29-19(27-22-21(29)23(32)28-24(33)30(22)15-7-2)13-14-20(31)26-18-12-10-9-11-17(18)25(3,4)5/h9-12H,6-8,13-16H2,1-5H3,(H,26,31)(H,28,32,33). The zero-order valence-electron chi connectivity index (χ0n) is 20.3. The summed E-state index contributed by atoms with van der Waals surface area (Å²) in [5, 5.41) is 3.04. The summed E-state index contributed by atoms with van der Waals surface area (Å²) >= 11 is 0. The predicted molar refractivity (Wildman–Crippen MR) is 132 cm³/mol. The van der Waals surface area contributed by atoms with E-state index in [1.165, 1.54) is 4.57 Å². The third-order valence-corrected chi connectivity index (χ3v) is 5.73. The van der Waals surface area contributed by atoms with Crippen LogP contribution in [0.2, 0.25) is 0 Å². The minimum Gasteiger partial charge on any atom is -0.326 e. The molecule has 0 saturated heterocycles. The Morgan fingerprint density at radius 2 is 1.79 bits per heavy atom. The second kappa shape index (κ2) is 10.2. The normalized spacial score (nSPS) is 11.8. The number of benzene rings is 1. The Hall–Kier alpha value is -3.16. The Bertz CT molecular complexity index is 1240. The number of aromatic nitrogens is 4. The van der Waals surface area contributed by atoms with E-state index in [-0.39, 0.29) is 17.7 Å². The number of fused-ring (bicyclic) bond motifs is 1. The molecular weight excluding hydrogens is 418 g/mol. The molecule has 33 heavy (non-hydrogen) atoms. The Morgan fingerprint density at radius 1 is 1.06 bits per heavy atom.